The van der Waals surface area contributed by atoms with Gasteiger partial charge in [0.25, 0.3) is 5.56 Å². The Morgan fingerprint density at radius 1 is 1.30 bits per heavy atom. The van der Waals surface area contributed by atoms with E-state index in [4.69, 9.17) is 23.2 Å². The molecular formula is C20H27Cl2N3O2. The van der Waals surface area contributed by atoms with E-state index < -0.39 is 0 Å². The molecule has 1 atom stereocenters. The van der Waals surface area contributed by atoms with Crippen LogP contribution in [0.2, 0.25) is 5.02 Å². The van der Waals surface area contributed by atoms with Gasteiger partial charge in [0.1, 0.15) is 5.82 Å². The smallest absolute Gasteiger partial charge is 0.261 e. The molecule has 27 heavy (non-hydrogen) atoms. The molecule has 148 valence electrons. The second-order valence-corrected chi connectivity index (χ2v) is 7.57. The SMILES string of the molecule is CCCCCN(C(=O)CCCCl)C(C)c1nc2cc(Cl)ccc2c(=O)n1C. The number of aromatic nitrogens is 2. The fourth-order valence-corrected chi connectivity index (χ4v) is 3.50. The van der Waals surface area contributed by atoms with Crippen LogP contribution in [0.1, 0.15) is 57.8 Å². The lowest BCUT2D eigenvalue weighted by atomic mass is 10.1. The molecule has 0 spiro atoms. The average molecular weight is 412 g/mol. The Hall–Kier alpha value is -1.59. The molecular weight excluding hydrogens is 385 g/mol. The Morgan fingerprint density at radius 3 is 2.70 bits per heavy atom. The van der Waals surface area contributed by atoms with E-state index in [0.29, 0.717) is 47.0 Å². The highest BCUT2D eigenvalue weighted by Gasteiger charge is 2.24. The molecule has 1 aromatic carbocycles. The summed E-state index contributed by atoms with van der Waals surface area (Å²) in [7, 11) is 1.70. The van der Waals surface area contributed by atoms with Crippen LogP contribution in [0, 0.1) is 0 Å². The number of unbranched alkanes of at least 4 members (excludes halogenated alkanes) is 2. The standard InChI is InChI=1S/C20H27Cl2N3O2/c1-4-5-6-12-25(18(26)8-7-11-21)14(2)19-23-17-13-15(22)9-10-16(17)20(27)24(19)3/h9-10,13-14H,4-8,11-12H2,1-3H3. The van der Waals surface area contributed by atoms with Crippen molar-refractivity contribution in [1.82, 2.24) is 14.5 Å². The molecule has 5 nitrogen and oxygen atoms in total. The van der Waals surface area contributed by atoms with Crippen molar-refractivity contribution in [3.8, 4) is 0 Å². The van der Waals surface area contributed by atoms with E-state index in [9.17, 15) is 9.59 Å². The van der Waals surface area contributed by atoms with Gasteiger partial charge in [0.05, 0.1) is 16.9 Å². The third-order valence-corrected chi connectivity index (χ3v) is 5.26. The van der Waals surface area contributed by atoms with Gasteiger partial charge < -0.3 is 4.90 Å². The lowest BCUT2D eigenvalue weighted by Gasteiger charge is -2.30. The van der Waals surface area contributed by atoms with Crippen LogP contribution in [0.4, 0.5) is 0 Å². The maximum absolute atomic E-state index is 12.8. The Labute approximate surface area is 170 Å². The predicted molar refractivity (Wildman–Crippen MR) is 112 cm³/mol. The minimum atomic E-state index is -0.314. The molecule has 1 amide bonds. The first-order valence-electron chi connectivity index (χ1n) is 9.42. The van der Waals surface area contributed by atoms with Crippen molar-refractivity contribution in [1.29, 1.82) is 0 Å². The summed E-state index contributed by atoms with van der Waals surface area (Å²) >= 11 is 11.8. The van der Waals surface area contributed by atoms with Crippen molar-refractivity contribution >= 4 is 40.0 Å². The van der Waals surface area contributed by atoms with Crippen LogP contribution in [0.15, 0.2) is 23.0 Å². The number of fused-ring (bicyclic) bond motifs is 1. The molecule has 1 aromatic heterocycles. The normalized spacial score (nSPS) is 12.3. The largest absolute Gasteiger partial charge is 0.333 e. The Morgan fingerprint density at radius 2 is 2.04 bits per heavy atom. The lowest BCUT2D eigenvalue weighted by Crippen LogP contribution is -2.37. The molecule has 0 aliphatic rings. The number of halogens is 2. The third kappa shape index (κ3) is 5.23. The minimum absolute atomic E-state index is 0.0414. The zero-order valence-corrected chi connectivity index (χ0v) is 17.7. The van der Waals surface area contributed by atoms with Crippen LogP contribution >= 0.6 is 23.2 Å². The van der Waals surface area contributed by atoms with E-state index in [-0.39, 0.29) is 17.5 Å². The van der Waals surface area contributed by atoms with Gasteiger partial charge in [-0.05, 0) is 38.0 Å². The average Bonchev–Trinajstić information content (AvgIpc) is 2.65. The molecule has 0 fully saturated rings. The van der Waals surface area contributed by atoms with E-state index in [2.05, 4.69) is 11.9 Å². The zero-order valence-electron chi connectivity index (χ0n) is 16.2. The van der Waals surface area contributed by atoms with Crippen molar-refractivity contribution in [2.75, 3.05) is 12.4 Å². The van der Waals surface area contributed by atoms with Crippen LogP contribution in [0.25, 0.3) is 10.9 Å². The van der Waals surface area contributed by atoms with Crippen LogP contribution in [-0.4, -0.2) is 32.8 Å². The van der Waals surface area contributed by atoms with Crippen molar-refractivity contribution < 1.29 is 4.79 Å². The van der Waals surface area contributed by atoms with Gasteiger partial charge in [-0.1, -0.05) is 31.4 Å². The molecule has 7 heteroatoms. The summed E-state index contributed by atoms with van der Waals surface area (Å²) in [4.78, 5) is 32.0. The topological polar surface area (TPSA) is 55.2 Å². The monoisotopic (exact) mass is 411 g/mol. The number of carbonyl (C=O) groups excluding carboxylic acids is 1. The van der Waals surface area contributed by atoms with Crippen molar-refractivity contribution in [3.63, 3.8) is 0 Å². The highest BCUT2D eigenvalue weighted by molar-refractivity contribution is 6.31. The first-order chi connectivity index (χ1) is 12.9. The summed E-state index contributed by atoms with van der Waals surface area (Å²) < 4.78 is 1.53. The van der Waals surface area contributed by atoms with Crippen LogP contribution < -0.4 is 5.56 Å². The summed E-state index contributed by atoms with van der Waals surface area (Å²) in [5.41, 5.74) is 0.411. The Kier molecular flexibility index (Phi) is 8.11. The molecule has 2 aromatic rings. The molecule has 1 unspecified atom stereocenters. The third-order valence-electron chi connectivity index (χ3n) is 4.76. The number of benzene rings is 1. The summed E-state index contributed by atoms with van der Waals surface area (Å²) in [5.74, 6) is 1.05. The fraction of sp³-hybridized carbons (Fsp3) is 0.550. The zero-order chi connectivity index (χ0) is 20.0. The predicted octanol–water partition coefficient (Wildman–Crippen LogP) is 4.69. The summed E-state index contributed by atoms with van der Waals surface area (Å²) in [5, 5.41) is 1.05. The lowest BCUT2D eigenvalue weighted by molar-refractivity contribution is -0.133. The number of rotatable bonds is 9. The van der Waals surface area contributed by atoms with E-state index in [1.807, 2.05) is 11.8 Å². The van der Waals surface area contributed by atoms with Gasteiger partial charge in [0, 0.05) is 30.9 Å². The van der Waals surface area contributed by atoms with Gasteiger partial charge in [0.2, 0.25) is 5.91 Å². The van der Waals surface area contributed by atoms with Crippen LogP contribution in [0.3, 0.4) is 0 Å². The number of amides is 1. The van der Waals surface area contributed by atoms with Crippen molar-refractivity contribution in [2.45, 2.75) is 52.0 Å². The fourth-order valence-electron chi connectivity index (χ4n) is 3.20. The quantitative estimate of drug-likeness (QED) is 0.444. The van der Waals surface area contributed by atoms with Crippen LogP contribution in [0.5, 0.6) is 0 Å². The molecule has 0 bridgehead atoms. The number of hydrogen-bond acceptors (Lipinski definition) is 3. The van der Waals surface area contributed by atoms with Gasteiger partial charge in [-0.3, -0.25) is 14.2 Å². The van der Waals surface area contributed by atoms with Crippen molar-refractivity contribution in [3.05, 3.63) is 39.4 Å². The van der Waals surface area contributed by atoms with Gasteiger partial charge in [-0.25, -0.2) is 4.98 Å². The molecule has 0 saturated carbocycles. The summed E-state index contributed by atoms with van der Waals surface area (Å²) in [6.07, 6.45) is 4.07. The maximum atomic E-state index is 12.8. The maximum Gasteiger partial charge on any atom is 0.261 e. The van der Waals surface area contributed by atoms with Gasteiger partial charge in [-0.2, -0.15) is 0 Å². The number of hydrogen-bond donors (Lipinski definition) is 0. The minimum Gasteiger partial charge on any atom is -0.333 e. The molecule has 2 rings (SSSR count). The van der Waals surface area contributed by atoms with Gasteiger partial charge in [-0.15, -0.1) is 11.6 Å². The summed E-state index contributed by atoms with van der Waals surface area (Å²) in [6, 6.07) is 4.74. The number of carbonyl (C=O) groups is 1. The highest BCUT2D eigenvalue weighted by atomic mass is 35.5. The molecule has 0 radical (unpaired) electrons. The first-order valence-corrected chi connectivity index (χ1v) is 10.3. The van der Waals surface area contributed by atoms with Crippen molar-refractivity contribution in [2.24, 2.45) is 7.05 Å². The summed E-state index contributed by atoms with van der Waals surface area (Å²) in [6.45, 7) is 4.68. The van der Waals surface area contributed by atoms with E-state index in [1.165, 1.54) is 4.57 Å². The number of nitrogens with zero attached hydrogens (tertiary/aromatic N) is 3. The van der Waals surface area contributed by atoms with E-state index in [0.717, 1.165) is 19.3 Å². The molecule has 1 heterocycles. The Bertz CT molecular complexity index is 851. The number of alkyl halides is 1. The molecule has 0 aliphatic carbocycles. The highest BCUT2D eigenvalue weighted by Crippen LogP contribution is 2.23. The Balaban J connectivity index is 2.43. The second-order valence-electron chi connectivity index (χ2n) is 6.76. The van der Waals surface area contributed by atoms with E-state index >= 15 is 0 Å². The van der Waals surface area contributed by atoms with Crippen LogP contribution in [-0.2, 0) is 11.8 Å². The first kappa shape index (κ1) is 21.7. The van der Waals surface area contributed by atoms with Gasteiger partial charge >= 0.3 is 0 Å². The molecule has 0 N–H and O–H groups in total. The van der Waals surface area contributed by atoms with Gasteiger partial charge in [0.15, 0.2) is 0 Å². The second kappa shape index (κ2) is 10.1. The van der Waals surface area contributed by atoms with E-state index in [1.54, 1.807) is 25.2 Å². The molecule has 0 saturated heterocycles. The molecule has 0 aliphatic heterocycles.